The van der Waals surface area contributed by atoms with E-state index in [-0.39, 0.29) is 0 Å². The molecule has 0 amide bonds. The first kappa shape index (κ1) is 17.2. The summed E-state index contributed by atoms with van der Waals surface area (Å²) < 4.78 is 1.32. The van der Waals surface area contributed by atoms with Gasteiger partial charge in [0, 0.05) is 0 Å². The van der Waals surface area contributed by atoms with Crippen LogP contribution in [0.4, 0.5) is 0 Å². The summed E-state index contributed by atoms with van der Waals surface area (Å²) >= 11 is 2.47. The molecule has 100 valence electrons. The van der Waals surface area contributed by atoms with E-state index in [0.717, 1.165) is 0 Å². The van der Waals surface area contributed by atoms with Crippen LogP contribution in [0.25, 0.3) is 0 Å². The smallest absolute Gasteiger partial charge is 0.000473 e. The van der Waals surface area contributed by atoms with Gasteiger partial charge in [-0.1, -0.05) is 92.3 Å². The van der Waals surface area contributed by atoms with Crippen molar-refractivity contribution in [2.24, 2.45) is 0 Å². The van der Waals surface area contributed by atoms with Crippen LogP contribution in [-0.4, -0.2) is 4.43 Å². The minimum atomic E-state index is 1.23. The van der Waals surface area contributed by atoms with Gasteiger partial charge in [-0.2, -0.15) is 0 Å². The highest BCUT2D eigenvalue weighted by molar-refractivity contribution is 14.1. The normalized spacial score (nSPS) is 11.9. The minimum absolute atomic E-state index is 1.23. The Bertz CT molecular complexity index is 182. The van der Waals surface area contributed by atoms with E-state index in [1.54, 1.807) is 0 Å². The van der Waals surface area contributed by atoms with E-state index in [9.17, 15) is 0 Å². The second-order valence-electron chi connectivity index (χ2n) is 4.60. The van der Waals surface area contributed by atoms with Gasteiger partial charge >= 0.3 is 0 Å². The summed E-state index contributed by atoms with van der Waals surface area (Å²) in [5, 5.41) is 0. The van der Waals surface area contributed by atoms with Crippen molar-refractivity contribution in [3.8, 4) is 0 Å². The summed E-state index contributed by atoms with van der Waals surface area (Å²) in [6.45, 7) is 2.24. The summed E-state index contributed by atoms with van der Waals surface area (Å²) in [5.41, 5.74) is 0. The second-order valence-corrected chi connectivity index (χ2v) is 5.68. The Labute approximate surface area is 122 Å². The molecule has 0 nitrogen and oxygen atoms in total. The van der Waals surface area contributed by atoms with Gasteiger partial charge in [-0.15, -0.1) is 0 Å². The molecular formula is C16H29I. The molecule has 0 fully saturated rings. The SMILES string of the molecule is CCCCC=CC=CCCCCCCCCI. The maximum absolute atomic E-state index is 2.47. The molecule has 0 bridgehead atoms. The molecule has 0 aromatic rings. The zero-order chi connectivity index (χ0) is 12.6. The topological polar surface area (TPSA) is 0 Å². The highest BCUT2D eigenvalue weighted by atomic mass is 127. The lowest BCUT2D eigenvalue weighted by Gasteiger charge is -1.98. The molecule has 0 heterocycles. The van der Waals surface area contributed by atoms with Gasteiger partial charge in [0.1, 0.15) is 0 Å². The molecule has 0 saturated carbocycles. The van der Waals surface area contributed by atoms with Crippen molar-refractivity contribution in [1.29, 1.82) is 0 Å². The summed E-state index contributed by atoms with van der Waals surface area (Å²) in [4.78, 5) is 0. The molecule has 0 radical (unpaired) electrons. The largest absolute Gasteiger partial charge is 0.0864 e. The van der Waals surface area contributed by atoms with Crippen molar-refractivity contribution in [2.45, 2.75) is 71.1 Å². The number of alkyl halides is 1. The lowest BCUT2D eigenvalue weighted by atomic mass is 10.1. The van der Waals surface area contributed by atoms with E-state index in [1.165, 1.54) is 68.6 Å². The Morgan fingerprint density at radius 3 is 1.82 bits per heavy atom. The molecular weight excluding hydrogens is 319 g/mol. The minimum Gasteiger partial charge on any atom is -0.0864 e. The fourth-order valence-corrected chi connectivity index (χ4v) is 2.27. The Balaban J connectivity index is 3.11. The molecule has 0 saturated heterocycles. The van der Waals surface area contributed by atoms with E-state index in [1.807, 2.05) is 0 Å². The van der Waals surface area contributed by atoms with E-state index < -0.39 is 0 Å². The molecule has 0 unspecified atom stereocenters. The van der Waals surface area contributed by atoms with Crippen molar-refractivity contribution in [2.75, 3.05) is 4.43 Å². The molecule has 0 spiro atoms. The zero-order valence-corrected chi connectivity index (χ0v) is 13.6. The van der Waals surface area contributed by atoms with Gasteiger partial charge in [0.05, 0.1) is 0 Å². The van der Waals surface area contributed by atoms with Crippen LogP contribution < -0.4 is 0 Å². The van der Waals surface area contributed by atoms with Crippen LogP contribution in [0, 0.1) is 0 Å². The second kappa shape index (κ2) is 16.2. The Kier molecular flexibility index (Phi) is 16.4. The summed E-state index contributed by atoms with van der Waals surface area (Å²) in [6.07, 6.45) is 22.6. The van der Waals surface area contributed by atoms with Crippen LogP contribution in [0.15, 0.2) is 24.3 Å². The van der Waals surface area contributed by atoms with Crippen molar-refractivity contribution in [3.63, 3.8) is 0 Å². The number of rotatable bonds is 12. The quantitative estimate of drug-likeness (QED) is 0.164. The first-order valence-corrected chi connectivity index (χ1v) is 8.82. The molecule has 0 aromatic heterocycles. The maximum atomic E-state index is 2.47. The number of hydrogen-bond donors (Lipinski definition) is 0. The fraction of sp³-hybridized carbons (Fsp3) is 0.750. The Morgan fingerprint density at radius 2 is 1.24 bits per heavy atom. The van der Waals surface area contributed by atoms with Crippen molar-refractivity contribution >= 4 is 22.6 Å². The third-order valence-electron chi connectivity index (χ3n) is 2.86. The predicted octanol–water partition coefficient (Wildman–Crippen LogP) is 6.45. The van der Waals surface area contributed by atoms with Crippen molar-refractivity contribution in [1.82, 2.24) is 0 Å². The number of unbranched alkanes of at least 4 members (excludes halogenated alkanes) is 8. The number of allylic oxidation sites excluding steroid dienone is 4. The molecule has 0 aliphatic carbocycles. The highest BCUT2D eigenvalue weighted by Gasteiger charge is 1.89. The Hall–Kier alpha value is 0.210. The molecule has 0 atom stereocenters. The van der Waals surface area contributed by atoms with Crippen molar-refractivity contribution in [3.05, 3.63) is 24.3 Å². The van der Waals surface area contributed by atoms with Crippen LogP contribution >= 0.6 is 22.6 Å². The average Bonchev–Trinajstić information content (AvgIpc) is 2.35. The van der Waals surface area contributed by atoms with Crippen LogP contribution in [0.5, 0.6) is 0 Å². The lowest BCUT2D eigenvalue weighted by Crippen LogP contribution is -1.79. The van der Waals surface area contributed by atoms with Gasteiger partial charge in [0.2, 0.25) is 0 Å². The van der Waals surface area contributed by atoms with Crippen LogP contribution in [-0.2, 0) is 0 Å². The molecule has 0 aliphatic heterocycles. The van der Waals surface area contributed by atoms with Crippen LogP contribution in [0.2, 0.25) is 0 Å². The molecule has 0 aliphatic rings. The first-order chi connectivity index (χ1) is 8.41. The third-order valence-corrected chi connectivity index (χ3v) is 3.62. The van der Waals surface area contributed by atoms with Crippen molar-refractivity contribution < 1.29 is 0 Å². The predicted molar refractivity (Wildman–Crippen MR) is 89.0 cm³/mol. The zero-order valence-electron chi connectivity index (χ0n) is 11.5. The number of hydrogen-bond acceptors (Lipinski definition) is 0. The van der Waals surface area contributed by atoms with E-state index in [4.69, 9.17) is 0 Å². The first-order valence-electron chi connectivity index (χ1n) is 7.29. The standard InChI is InChI=1S/C16H29I/c1-2-3-4-5-6-7-8-9-10-11-12-13-14-15-16-17/h5-8H,2-4,9-16H2,1H3. The van der Waals surface area contributed by atoms with Gasteiger partial charge in [-0.05, 0) is 30.1 Å². The fourth-order valence-electron chi connectivity index (χ4n) is 1.74. The lowest BCUT2D eigenvalue weighted by molar-refractivity contribution is 0.614. The van der Waals surface area contributed by atoms with E-state index in [0.29, 0.717) is 0 Å². The molecule has 0 N–H and O–H groups in total. The summed E-state index contributed by atoms with van der Waals surface area (Å²) in [7, 11) is 0. The van der Waals surface area contributed by atoms with Gasteiger partial charge in [-0.25, -0.2) is 0 Å². The Morgan fingerprint density at radius 1 is 0.706 bits per heavy atom. The summed E-state index contributed by atoms with van der Waals surface area (Å²) in [6, 6.07) is 0. The van der Waals surface area contributed by atoms with E-state index in [2.05, 4.69) is 53.8 Å². The van der Waals surface area contributed by atoms with Crippen LogP contribution in [0.3, 0.4) is 0 Å². The molecule has 0 aromatic carbocycles. The molecule has 17 heavy (non-hydrogen) atoms. The van der Waals surface area contributed by atoms with Crippen LogP contribution in [0.1, 0.15) is 71.1 Å². The van der Waals surface area contributed by atoms with Gasteiger partial charge in [0.25, 0.3) is 0 Å². The molecule has 1 heteroatoms. The maximum Gasteiger partial charge on any atom is -0.000473 e. The highest BCUT2D eigenvalue weighted by Crippen LogP contribution is 2.08. The monoisotopic (exact) mass is 348 g/mol. The third kappa shape index (κ3) is 16.2. The number of halogens is 1. The van der Waals surface area contributed by atoms with Gasteiger partial charge < -0.3 is 0 Å². The van der Waals surface area contributed by atoms with Gasteiger partial charge in [0.15, 0.2) is 0 Å². The van der Waals surface area contributed by atoms with E-state index >= 15 is 0 Å². The average molecular weight is 348 g/mol. The molecule has 0 rings (SSSR count). The van der Waals surface area contributed by atoms with Gasteiger partial charge in [-0.3, -0.25) is 0 Å². The summed E-state index contributed by atoms with van der Waals surface area (Å²) in [5.74, 6) is 0.